The number of aromatic nitrogens is 1. The fourth-order valence-corrected chi connectivity index (χ4v) is 3.73. The molecule has 0 radical (unpaired) electrons. The van der Waals surface area contributed by atoms with Gasteiger partial charge in [-0.05, 0) is 43.9 Å². The maximum atomic E-state index is 11.9. The second kappa shape index (κ2) is 5.40. The Morgan fingerprint density at radius 1 is 1.30 bits per heavy atom. The van der Waals surface area contributed by atoms with E-state index in [0.717, 1.165) is 23.1 Å². The lowest BCUT2D eigenvalue weighted by Crippen LogP contribution is -2.36. The Morgan fingerprint density at radius 2 is 2.05 bits per heavy atom. The van der Waals surface area contributed by atoms with Crippen LogP contribution in [-0.2, 0) is 0 Å². The van der Waals surface area contributed by atoms with Gasteiger partial charge < -0.3 is 5.32 Å². The topological polar surface area (TPSA) is 54.0 Å². The van der Waals surface area contributed by atoms with Gasteiger partial charge in [0.2, 0.25) is 0 Å². The van der Waals surface area contributed by atoms with Gasteiger partial charge in [0.15, 0.2) is 5.13 Å². The monoisotopic (exact) mass is 289 g/mol. The molecule has 1 heterocycles. The van der Waals surface area contributed by atoms with Gasteiger partial charge in [0.1, 0.15) is 0 Å². The Morgan fingerprint density at radius 3 is 2.80 bits per heavy atom. The van der Waals surface area contributed by atoms with Crippen LogP contribution in [0, 0.1) is 13.8 Å². The van der Waals surface area contributed by atoms with Crippen molar-refractivity contribution in [3.63, 3.8) is 0 Å². The molecule has 3 rings (SSSR count). The van der Waals surface area contributed by atoms with Crippen molar-refractivity contribution >= 4 is 32.7 Å². The number of nitrogens with zero attached hydrogens (tertiary/aromatic N) is 1. The van der Waals surface area contributed by atoms with Crippen molar-refractivity contribution in [3.8, 4) is 0 Å². The summed E-state index contributed by atoms with van der Waals surface area (Å²) < 4.78 is 1.15. The molecular formula is C15H19N3OS. The van der Waals surface area contributed by atoms with Gasteiger partial charge in [0.05, 0.1) is 10.2 Å². The van der Waals surface area contributed by atoms with E-state index in [2.05, 4.69) is 41.6 Å². The third-order valence-electron chi connectivity index (χ3n) is 3.73. The fourth-order valence-electron chi connectivity index (χ4n) is 2.82. The number of nitrogens with one attached hydrogen (secondary N) is 2. The largest absolute Gasteiger partial charge is 0.335 e. The van der Waals surface area contributed by atoms with Gasteiger partial charge in [0, 0.05) is 6.04 Å². The van der Waals surface area contributed by atoms with Crippen LogP contribution in [0.1, 0.15) is 36.8 Å². The summed E-state index contributed by atoms with van der Waals surface area (Å²) in [5.74, 6) is 0. The van der Waals surface area contributed by atoms with Crippen molar-refractivity contribution < 1.29 is 4.79 Å². The number of carbonyl (C=O) groups excluding carboxylic acids is 1. The molecule has 20 heavy (non-hydrogen) atoms. The first-order valence-electron chi connectivity index (χ1n) is 7.07. The quantitative estimate of drug-likeness (QED) is 0.878. The van der Waals surface area contributed by atoms with Crippen molar-refractivity contribution in [3.05, 3.63) is 23.3 Å². The van der Waals surface area contributed by atoms with E-state index in [1.165, 1.54) is 35.3 Å². The van der Waals surface area contributed by atoms with E-state index >= 15 is 0 Å². The highest BCUT2D eigenvalue weighted by atomic mass is 32.1. The zero-order chi connectivity index (χ0) is 14.1. The van der Waals surface area contributed by atoms with E-state index in [4.69, 9.17) is 0 Å². The number of thiazole rings is 1. The number of urea groups is 1. The summed E-state index contributed by atoms with van der Waals surface area (Å²) in [6, 6.07) is 4.39. The van der Waals surface area contributed by atoms with Crippen LogP contribution in [-0.4, -0.2) is 17.1 Å². The molecule has 1 aliphatic rings. The number of hydrogen-bond donors (Lipinski definition) is 2. The first-order chi connectivity index (χ1) is 9.61. The predicted molar refractivity (Wildman–Crippen MR) is 83.5 cm³/mol. The predicted octanol–water partition coefficient (Wildman–Crippen LogP) is 3.98. The summed E-state index contributed by atoms with van der Waals surface area (Å²) in [4.78, 5) is 16.4. The second-order valence-electron chi connectivity index (χ2n) is 5.53. The number of carbonyl (C=O) groups is 1. The lowest BCUT2D eigenvalue weighted by Gasteiger charge is -2.11. The standard InChI is InChI=1S/C15H19N3OS/c1-9-7-10(2)13-12(8-9)17-15(20-13)18-14(19)16-11-5-3-4-6-11/h7-8,11H,3-6H2,1-2H3,(H2,16,17,18,19). The van der Waals surface area contributed by atoms with Gasteiger partial charge in [-0.15, -0.1) is 0 Å². The van der Waals surface area contributed by atoms with Gasteiger partial charge in [0.25, 0.3) is 0 Å². The first kappa shape index (κ1) is 13.4. The molecule has 0 atom stereocenters. The molecule has 0 spiro atoms. The minimum Gasteiger partial charge on any atom is -0.335 e. The Bertz CT molecular complexity index is 644. The van der Waals surface area contributed by atoms with Gasteiger partial charge in [-0.25, -0.2) is 9.78 Å². The van der Waals surface area contributed by atoms with E-state index in [0.29, 0.717) is 11.2 Å². The van der Waals surface area contributed by atoms with Crippen LogP contribution < -0.4 is 10.6 Å². The molecule has 2 amide bonds. The number of amides is 2. The minimum absolute atomic E-state index is 0.134. The molecule has 0 saturated heterocycles. The number of fused-ring (bicyclic) bond motifs is 1. The highest BCUT2D eigenvalue weighted by Crippen LogP contribution is 2.29. The molecule has 1 fully saturated rings. The Labute approximate surface area is 122 Å². The van der Waals surface area contributed by atoms with Crippen LogP contribution in [0.15, 0.2) is 12.1 Å². The van der Waals surface area contributed by atoms with Crippen molar-refractivity contribution in [1.82, 2.24) is 10.3 Å². The Balaban J connectivity index is 1.73. The highest BCUT2D eigenvalue weighted by Gasteiger charge is 2.17. The summed E-state index contributed by atoms with van der Waals surface area (Å²) in [6.45, 7) is 4.14. The van der Waals surface area contributed by atoms with Crippen molar-refractivity contribution in [2.45, 2.75) is 45.6 Å². The van der Waals surface area contributed by atoms with Crippen LogP contribution in [0.5, 0.6) is 0 Å². The number of aryl methyl sites for hydroxylation is 2. The lowest BCUT2D eigenvalue weighted by molar-refractivity contribution is 0.248. The van der Waals surface area contributed by atoms with Crippen molar-refractivity contribution in [1.29, 1.82) is 0 Å². The van der Waals surface area contributed by atoms with Crippen LogP contribution >= 0.6 is 11.3 Å². The third kappa shape index (κ3) is 2.77. The molecule has 2 N–H and O–H groups in total. The maximum absolute atomic E-state index is 11.9. The highest BCUT2D eigenvalue weighted by molar-refractivity contribution is 7.22. The molecule has 4 nitrogen and oxygen atoms in total. The van der Waals surface area contributed by atoms with Crippen molar-refractivity contribution in [2.75, 3.05) is 5.32 Å². The average molecular weight is 289 g/mol. The summed E-state index contributed by atoms with van der Waals surface area (Å²) >= 11 is 1.54. The number of rotatable bonds is 2. The van der Waals surface area contributed by atoms with Crippen LogP contribution in [0.25, 0.3) is 10.2 Å². The zero-order valence-corrected chi connectivity index (χ0v) is 12.6. The van der Waals surface area contributed by atoms with E-state index in [9.17, 15) is 4.79 Å². The summed E-state index contributed by atoms with van der Waals surface area (Å²) in [7, 11) is 0. The Hall–Kier alpha value is -1.62. The molecule has 106 valence electrons. The van der Waals surface area contributed by atoms with E-state index in [1.807, 2.05) is 0 Å². The summed E-state index contributed by atoms with van der Waals surface area (Å²) in [6.07, 6.45) is 4.60. The molecule has 1 saturated carbocycles. The molecule has 0 aliphatic heterocycles. The molecule has 0 unspecified atom stereocenters. The molecular weight excluding hydrogens is 270 g/mol. The molecule has 1 aromatic heterocycles. The van der Waals surface area contributed by atoms with Crippen molar-refractivity contribution in [2.24, 2.45) is 0 Å². The lowest BCUT2D eigenvalue weighted by atomic mass is 10.1. The smallest absolute Gasteiger partial charge is 0.321 e. The first-order valence-corrected chi connectivity index (χ1v) is 7.89. The van der Waals surface area contributed by atoms with Gasteiger partial charge in [-0.3, -0.25) is 5.32 Å². The average Bonchev–Trinajstić information content (AvgIpc) is 2.98. The van der Waals surface area contributed by atoms with Gasteiger partial charge in [-0.1, -0.05) is 30.2 Å². The molecule has 2 aromatic rings. The minimum atomic E-state index is -0.134. The SMILES string of the molecule is Cc1cc(C)c2sc(NC(=O)NC3CCCC3)nc2c1. The molecule has 1 aromatic carbocycles. The second-order valence-corrected chi connectivity index (χ2v) is 6.53. The van der Waals surface area contributed by atoms with E-state index < -0.39 is 0 Å². The molecule has 1 aliphatic carbocycles. The van der Waals surface area contributed by atoms with Crippen LogP contribution in [0.2, 0.25) is 0 Å². The normalized spacial score (nSPS) is 15.7. The molecule has 0 bridgehead atoms. The van der Waals surface area contributed by atoms with Crippen LogP contribution in [0.4, 0.5) is 9.93 Å². The van der Waals surface area contributed by atoms with Gasteiger partial charge >= 0.3 is 6.03 Å². The zero-order valence-electron chi connectivity index (χ0n) is 11.8. The summed E-state index contributed by atoms with van der Waals surface area (Å²) in [5, 5.41) is 6.55. The van der Waals surface area contributed by atoms with Crippen LogP contribution in [0.3, 0.4) is 0 Å². The van der Waals surface area contributed by atoms with Gasteiger partial charge in [-0.2, -0.15) is 0 Å². The van der Waals surface area contributed by atoms with E-state index in [1.54, 1.807) is 0 Å². The number of anilines is 1. The maximum Gasteiger partial charge on any atom is 0.321 e. The Kier molecular flexibility index (Phi) is 3.61. The summed E-state index contributed by atoms with van der Waals surface area (Å²) in [5.41, 5.74) is 3.37. The number of hydrogen-bond acceptors (Lipinski definition) is 3. The fraction of sp³-hybridized carbons (Fsp3) is 0.467. The van der Waals surface area contributed by atoms with E-state index in [-0.39, 0.29) is 6.03 Å². The number of benzene rings is 1. The molecule has 5 heteroatoms. The third-order valence-corrected chi connectivity index (χ3v) is 4.85.